The number of nitrogens with one attached hydrogen (secondary N) is 1. The van der Waals surface area contributed by atoms with E-state index in [-0.39, 0.29) is 6.10 Å². The van der Waals surface area contributed by atoms with Gasteiger partial charge >= 0.3 is 0 Å². The number of hydrogen-bond donors (Lipinski definition) is 1. The summed E-state index contributed by atoms with van der Waals surface area (Å²) in [5.41, 5.74) is 2.57. The highest BCUT2D eigenvalue weighted by atomic mass is 16.7. The summed E-state index contributed by atoms with van der Waals surface area (Å²) in [4.78, 5) is 8.98. The van der Waals surface area contributed by atoms with E-state index < -0.39 is 5.79 Å². The minimum absolute atomic E-state index is 0.151. The average molecular weight is 301 g/mol. The molecule has 2 aromatic heterocycles. The summed E-state index contributed by atoms with van der Waals surface area (Å²) in [6.45, 7) is 2.38. The Morgan fingerprint density at radius 1 is 1.27 bits per heavy atom. The Balaban J connectivity index is 1.56. The van der Waals surface area contributed by atoms with Gasteiger partial charge in [0.1, 0.15) is 6.10 Å². The normalized spacial score (nSPS) is 24.0. The molecule has 1 N–H and O–H groups in total. The average Bonchev–Trinajstić information content (AvgIpc) is 3.16. The molecule has 2 aliphatic rings. The molecule has 0 aliphatic carbocycles. The molecule has 2 aromatic rings. The molecule has 4 heterocycles. The van der Waals surface area contributed by atoms with Crippen LogP contribution >= 0.6 is 0 Å². The maximum absolute atomic E-state index is 6.19. The van der Waals surface area contributed by atoms with E-state index >= 15 is 0 Å². The summed E-state index contributed by atoms with van der Waals surface area (Å²) in [5, 5.41) is 7.50. The third-order valence-electron chi connectivity index (χ3n) is 4.20. The third kappa shape index (κ3) is 2.51. The fourth-order valence-corrected chi connectivity index (χ4v) is 3.00. The quantitative estimate of drug-likeness (QED) is 0.893. The Hall–Kier alpha value is -1.83. The Kier molecular flexibility index (Phi) is 3.40. The number of nitrogens with zero attached hydrogens (tertiary/aromatic N) is 4. The number of aromatic nitrogens is 4. The molecule has 0 bridgehead atoms. The van der Waals surface area contributed by atoms with Crippen LogP contribution in [0.5, 0.6) is 0 Å². The van der Waals surface area contributed by atoms with Crippen molar-refractivity contribution in [2.45, 2.75) is 24.7 Å². The highest BCUT2D eigenvalue weighted by Crippen LogP contribution is 2.38. The first-order valence-electron chi connectivity index (χ1n) is 7.58. The van der Waals surface area contributed by atoms with E-state index in [0.717, 1.165) is 42.9 Å². The molecule has 7 heteroatoms. The van der Waals surface area contributed by atoms with Gasteiger partial charge in [0, 0.05) is 44.7 Å². The Labute approximate surface area is 128 Å². The largest absolute Gasteiger partial charge is 0.347 e. The summed E-state index contributed by atoms with van der Waals surface area (Å²) in [5.74, 6) is -0.443. The van der Waals surface area contributed by atoms with E-state index in [1.807, 2.05) is 13.2 Å². The van der Waals surface area contributed by atoms with E-state index in [1.54, 1.807) is 23.3 Å². The van der Waals surface area contributed by atoms with Crippen molar-refractivity contribution in [2.75, 3.05) is 19.7 Å². The predicted molar refractivity (Wildman–Crippen MR) is 78.8 cm³/mol. The summed E-state index contributed by atoms with van der Waals surface area (Å²) >= 11 is 0. The van der Waals surface area contributed by atoms with Gasteiger partial charge in [-0.25, -0.2) is 4.98 Å². The van der Waals surface area contributed by atoms with Crippen LogP contribution in [0.25, 0.3) is 11.3 Å². The minimum Gasteiger partial charge on any atom is -0.347 e. The van der Waals surface area contributed by atoms with Gasteiger partial charge in [-0.2, -0.15) is 5.10 Å². The van der Waals surface area contributed by atoms with Gasteiger partial charge in [0.2, 0.25) is 0 Å². The first-order valence-corrected chi connectivity index (χ1v) is 7.58. The molecule has 22 heavy (non-hydrogen) atoms. The van der Waals surface area contributed by atoms with Crippen molar-refractivity contribution >= 4 is 0 Å². The number of hydrogen-bond acceptors (Lipinski definition) is 6. The van der Waals surface area contributed by atoms with Crippen molar-refractivity contribution in [3.63, 3.8) is 0 Å². The Morgan fingerprint density at radius 2 is 2.14 bits per heavy atom. The molecule has 2 saturated heterocycles. The lowest BCUT2D eigenvalue weighted by Gasteiger charge is -2.32. The van der Waals surface area contributed by atoms with Gasteiger partial charge < -0.3 is 14.8 Å². The maximum atomic E-state index is 6.19. The van der Waals surface area contributed by atoms with E-state index in [1.165, 1.54) is 0 Å². The number of rotatable bonds is 2. The van der Waals surface area contributed by atoms with Crippen LogP contribution in [-0.2, 0) is 16.5 Å². The monoisotopic (exact) mass is 301 g/mol. The lowest BCUT2D eigenvalue weighted by atomic mass is 10.1. The fourth-order valence-electron chi connectivity index (χ4n) is 3.00. The molecule has 116 valence electrons. The van der Waals surface area contributed by atoms with Crippen molar-refractivity contribution in [3.05, 3.63) is 30.5 Å². The molecule has 2 fully saturated rings. The third-order valence-corrected chi connectivity index (χ3v) is 4.20. The van der Waals surface area contributed by atoms with Crippen molar-refractivity contribution < 1.29 is 9.47 Å². The Morgan fingerprint density at radius 3 is 2.91 bits per heavy atom. The molecule has 1 unspecified atom stereocenters. The van der Waals surface area contributed by atoms with E-state index in [4.69, 9.17) is 9.47 Å². The van der Waals surface area contributed by atoms with Crippen LogP contribution in [-0.4, -0.2) is 45.2 Å². The first kappa shape index (κ1) is 13.8. The maximum Gasteiger partial charge on any atom is 0.171 e. The molecular formula is C15H19N5O2. The molecule has 7 nitrogen and oxygen atoms in total. The van der Waals surface area contributed by atoms with Crippen LogP contribution in [0.15, 0.2) is 24.8 Å². The highest BCUT2D eigenvalue weighted by molar-refractivity contribution is 5.55. The van der Waals surface area contributed by atoms with Gasteiger partial charge in [0.25, 0.3) is 0 Å². The zero-order valence-corrected chi connectivity index (χ0v) is 12.5. The van der Waals surface area contributed by atoms with Crippen molar-refractivity contribution in [3.8, 4) is 11.3 Å². The van der Waals surface area contributed by atoms with Crippen LogP contribution in [0.1, 0.15) is 24.6 Å². The SMILES string of the molecule is Cn1cc(-c2cncc(C3COC4(CCNCC4)O3)n2)cn1. The molecule has 1 atom stereocenters. The van der Waals surface area contributed by atoms with E-state index in [2.05, 4.69) is 20.4 Å². The predicted octanol–water partition coefficient (Wildman–Crippen LogP) is 1.04. The zero-order valence-electron chi connectivity index (χ0n) is 12.5. The van der Waals surface area contributed by atoms with Crippen LogP contribution in [0, 0.1) is 0 Å². The van der Waals surface area contributed by atoms with Gasteiger partial charge in [-0.3, -0.25) is 9.67 Å². The van der Waals surface area contributed by atoms with Crippen LogP contribution in [0.4, 0.5) is 0 Å². The summed E-state index contributed by atoms with van der Waals surface area (Å²) in [6, 6.07) is 0. The second-order valence-corrected chi connectivity index (χ2v) is 5.81. The van der Waals surface area contributed by atoms with Gasteiger partial charge in [-0.05, 0) is 0 Å². The van der Waals surface area contributed by atoms with Crippen molar-refractivity contribution in [2.24, 2.45) is 7.05 Å². The zero-order chi connectivity index (χ0) is 15.0. The van der Waals surface area contributed by atoms with E-state index in [0.29, 0.717) is 6.61 Å². The molecular weight excluding hydrogens is 282 g/mol. The standard InChI is InChI=1S/C15H19N5O2/c1-20-9-11(6-18-20)12-7-17-8-13(19-12)14-10-21-15(22-14)2-4-16-5-3-15/h6-9,14,16H,2-5,10H2,1H3. The molecule has 1 spiro atoms. The van der Waals surface area contributed by atoms with Crippen molar-refractivity contribution in [1.29, 1.82) is 0 Å². The topological polar surface area (TPSA) is 74.1 Å². The van der Waals surface area contributed by atoms with Gasteiger partial charge in [-0.1, -0.05) is 0 Å². The first-order chi connectivity index (χ1) is 10.7. The van der Waals surface area contributed by atoms with Crippen LogP contribution in [0.2, 0.25) is 0 Å². The highest BCUT2D eigenvalue weighted by Gasteiger charge is 2.43. The van der Waals surface area contributed by atoms with Crippen molar-refractivity contribution in [1.82, 2.24) is 25.1 Å². The van der Waals surface area contributed by atoms with Gasteiger partial charge in [-0.15, -0.1) is 0 Å². The molecule has 0 amide bonds. The second-order valence-electron chi connectivity index (χ2n) is 5.81. The minimum atomic E-state index is -0.443. The summed E-state index contributed by atoms with van der Waals surface area (Å²) in [6.07, 6.45) is 8.81. The fraction of sp³-hybridized carbons (Fsp3) is 0.533. The summed E-state index contributed by atoms with van der Waals surface area (Å²) < 4.78 is 13.9. The molecule has 0 radical (unpaired) electrons. The lowest BCUT2D eigenvalue weighted by molar-refractivity contribution is -0.184. The molecule has 0 saturated carbocycles. The van der Waals surface area contributed by atoms with Gasteiger partial charge in [0.15, 0.2) is 5.79 Å². The molecule has 4 rings (SSSR count). The van der Waals surface area contributed by atoms with E-state index in [9.17, 15) is 0 Å². The van der Waals surface area contributed by atoms with Gasteiger partial charge in [0.05, 0.1) is 36.6 Å². The lowest BCUT2D eigenvalue weighted by Crippen LogP contribution is -2.42. The molecule has 2 aliphatic heterocycles. The van der Waals surface area contributed by atoms with Crippen LogP contribution in [0.3, 0.4) is 0 Å². The number of ether oxygens (including phenoxy) is 2. The molecule has 0 aromatic carbocycles. The smallest absolute Gasteiger partial charge is 0.171 e. The summed E-state index contributed by atoms with van der Waals surface area (Å²) in [7, 11) is 1.88. The number of aryl methyl sites for hydroxylation is 1. The number of piperidine rings is 1. The Bertz CT molecular complexity index is 665. The second kappa shape index (κ2) is 5.42. The van der Waals surface area contributed by atoms with Crippen LogP contribution < -0.4 is 5.32 Å².